The molecule has 0 aliphatic carbocycles. The Morgan fingerprint density at radius 1 is 1.53 bits per heavy atom. The van der Waals surface area contributed by atoms with Crippen molar-refractivity contribution in [2.75, 3.05) is 0 Å². The molecule has 100 valence electrons. The molecule has 1 amide bonds. The summed E-state index contributed by atoms with van der Waals surface area (Å²) in [6, 6.07) is 1.64. The molecular formula is C10H9ClN4O3S. The van der Waals surface area contributed by atoms with Gasteiger partial charge in [-0.1, -0.05) is 16.8 Å². The van der Waals surface area contributed by atoms with Gasteiger partial charge in [-0.2, -0.15) is 0 Å². The van der Waals surface area contributed by atoms with Crippen molar-refractivity contribution in [1.82, 2.24) is 20.3 Å². The van der Waals surface area contributed by atoms with E-state index in [1.165, 1.54) is 22.2 Å². The summed E-state index contributed by atoms with van der Waals surface area (Å²) >= 11 is 7.07. The molecule has 2 heterocycles. The van der Waals surface area contributed by atoms with Crippen LogP contribution < -0.4 is 5.32 Å². The van der Waals surface area contributed by atoms with Gasteiger partial charge in [-0.05, 0) is 11.4 Å². The fourth-order valence-corrected chi connectivity index (χ4v) is 2.40. The molecule has 0 fully saturated rings. The van der Waals surface area contributed by atoms with Crippen molar-refractivity contribution >= 4 is 34.8 Å². The maximum Gasteiger partial charge on any atom is 0.325 e. The number of nitrogens with zero attached hydrogens (tertiary/aromatic N) is 3. The second-order valence-corrected chi connectivity index (χ2v) is 4.90. The fraction of sp³-hybridized carbons (Fsp3) is 0.200. The highest BCUT2D eigenvalue weighted by molar-refractivity contribution is 7.12. The third-order valence-electron chi connectivity index (χ3n) is 2.14. The molecule has 0 unspecified atom stereocenters. The molecule has 0 bridgehead atoms. The number of carboxylic acids is 1. The summed E-state index contributed by atoms with van der Waals surface area (Å²) in [5.41, 5.74) is 0.474. The van der Waals surface area contributed by atoms with E-state index >= 15 is 0 Å². The molecule has 0 radical (unpaired) electrons. The molecule has 0 spiro atoms. The van der Waals surface area contributed by atoms with Crippen LogP contribution >= 0.6 is 22.9 Å². The number of aliphatic carboxylic acids is 1. The van der Waals surface area contributed by atoms with E-state index in [1.807, 2.05) is 0 Å². The fourth-order valence-electron chi connectivity index (χ4n) is 1.34. The topological polar surface area (TPSA) is 97.1 Å². The predicted molar refractivity (Wildman–Crippen MR) is 68.2 cm³/mol. The minimum Gasteiger partial charge on any atom is -0.480 e. The van der Waals surface area contributed by atoms with E-state index in [-0.39, 0.29) is 19.0 Å². The maximum atomic E-state index is 11.8. The van der Waals surface area contributed by atoms with Gasteiger partial charge >= 0.3 is 5.97 Å². The summed E-state index contributed by atoms with van der Waals surface area (Å²) in [5, 5.41) is 20.7. The standard InChI is InChI=1S/C10H9ClN4O3S/c11-7-1-2-19-9(7)10(18)12-3-6-4-15(14-13-6)5-8(16)17/h1-2,4H,3,5H2,(H,12,18)(H,16,17). The Balaban J connectivity index is 1.92. The lowest BCUT2D eigenvalue weighted by atomic mass is 10.4. The van der Waals surface area contributed by atoms with Crippen LogP contribution in [0.15, 0.2) is 17.6 Å². The summed E-state index contributed by atoms with van der Waals surface area (Å²) in [6.07, 6.45) is 1.46. The maximum absolute atomic E-state index is 11.8. The number of thiophene rings is 1. The zero-order chi connectivity index (χ0) is 13.8. The van der Waals surface area contributed by atoms with Crippen LogP contribution in [0.4, 0.5) is 0 Å². The van der Waals surface area contributed by atoms with E-state index in [4.69, 9.17) is 16.7 Å². The first kappa shape index (κ1) is 13.5. The van der Waals surface area contributed by atoms with Gasteiger partial charge in [0, 0.05) is 0 Å². The van der Waals surface area contributed by atoms with E-state index in [0.717, 1.165) is 0 Å². The number of carbonyl (C=O) groups is 2. The molecule has 7 nitrogen and oxygen atoms in total. The smallest absolute Gasteiger partial charge is 0.325 e. The largest absolute Gasteiger partial charge is 0.480 e. The summed E-state index contributed by atoms with van der Waals surface area (Å²) in [5.74, 6) is -1.31. The highest BCUT2D eigenvalue weighted by Gasteiger charge is 2.12. The molecule has 0 atom stereocenters. The normalized spacial score (nSPS) is 10.4. The van der Waals surface area contributed by atoms with Gasteiger partial charge in [-0.3, -0.25) is 9.59 Å². The van der Waals surface area contributed by atoms with Crippen molar-refractivity contribution in [1.29, 1.82) is 0 Å². The first-order valence-electron chi connectivity index (χ1n) is 5.18. The van der Waals surface area contributed by atoms with Crippen LogP contribution in [0.25, 0.3) is 0 Å². The van der Waals surface area contributed by atoms with Crippen molar-refractivity contribution in [2.24, 2.45) is 0 Å². The lowest BCUT2D eigenvalue weighted by Gasteiger charge is -2.00. The van der Waals surface area contributed by atoms with Crippen LogP contribution in [0.3, 0.4) is 0 Å². The minimum absolute atomic E-state index is 0.159. The first-order valence-corrected chi connectivity index (χ1v) is 6.44. The van der Waals surface area contributed by atoms with Gasteiger partial charge in [0.15, 0.2) is 0 Å². The van der Waals surface area contributed by atoms with Gasteiger partial charge in [-0.25, -0.2) is 4.68 Å². The second kappa shape index (κ2) is 5.81. The zero-order valence-corrected chi connectivity index (χ0v) is 11.1. The van der Waals surface area contributed by atoms with Crippen LogP contribution in [0, 0.1) is 0 Å². The third-order valence-corrected chi connectivity index (χ3v) is 3.48. The number of hydrogen-bond acceptors (Lipinski definition) is 5. The quantitative estimate of drug-likeness (QED) is 0.859. The van der Waals surface area contributed by atoms with Crippen molar-refractivity contribution < 1.29 is 14.7 Å². The van der Waals surface area contributed by atoms with E-state index in [9.17, 15) is 9.59 Å². The highest BCUT2D eigenvalue weighted by atomic mass is 35.5. The number of nitrogens with one attached hydrogen (secondary N) is 1. The van der Waals surface area contributed by atoms with Crippen molar-refractivity contribution in [3.05, 3.63) is 33.2 Å². The molecule has 9 heteroatoms. The Morgan fingerprint density at radius 3 is 2.95 bits per heavy atom. The molecular weight excluding hydrogens is 292 g/mol. The van der Waals surface area contributed by atoms with Crippen LogP contribution in [0.5, 0.6) is 0 Å². The number of rotatable bonds is 5. The second-order valence-electron chi connectivity index (χ2n) is 3.58. The van der Waals surface area contributed by atoms with Crippen molar-refractivity contribution in [3.63, 3.8) is 0 Å². The average Bonchev–Trinajstić information content (AvgIpc) is 2.94. The molecule has 2 aromatic heterocycles. The Bertz CT molecular complexity index is 609. The van der Waals surface area contributed by atoms with Crippen molar-refractivity contribution in [2.45, 2.75) is 13.1 Å². The van der Waals surface area contributed by atoms with Crippen LogP contribution in [0.2, 0.25) is 5.02 Å². The Morgan fingerprint density at radius 2 is 2.32 bits per heavy atom. The monoisotopic (exact) mass is 300 g/mol. The molecule has 2 rings (SSSR count). The van der Waals surface area contributed by atoms with E-state index in [1.54, 1.807) is 11.4 Å². The lowest BCUT2D eigenvalue weighted by Crippen LogP contribution is -2.22. The molecule has 2 N–H and O–H groups in total. The van der Waals surface area contributed by atoms with Crippen LogP contribution in [-0.4, -0.2) is 32.0 Å². The zero-order valence-electron chi connectivity index (χ0n) is 9.54. The number of carboxylic acid groups (broad SMARTS) is 1. The molecule has 0 aliphatic heterocycles. The Kier molecular flexibility index (Phi) is 4.13. The number of aromatic nitrogens is 3. The van der Waals surface area contributed by atoms with E-state index in [2.05, 4.69) is 15.6 Å². The molecule has 0 saturated heterocycles. The Hall–Kier alpha value is -1.93. The van der Waals surface area contributed by atoms with Gasteiger partial charge in [0.2, 0.25) is 0 Å². The van der Waals surface area contributed by atoms with Crippen LogP contribution in [0.1, 0.15) is 15.4 Å². The Labute approximate surface area is 116 Å². The van der Waals surface area contributed by atoms with E-state index in [0.29, 0.717) is 15.6 Å². The van der Waals surface area contributed by atoms with Crippen molar-refractivity contribution in [3.8, 4) is 0 Å². The molecule has 19 heavy (non-hydrogen) atoms. The number of halogens is 1. The molecule has 2 aromatic rings. The van der Waals surface area contributed by atoms with Crippen LogP contribution in [-0.2, 0) is 17.9 Å². The van der Waals surface area contributed by atoms with Gasteiger partial charge in [-0.15, -0.1) is 16.4 Å². The molecule has 0 aromatic carbocycles. The molecule has 0 aliphatic rings. The summed E-state index contributed by atoms with van der Waals surface area (Å²) in [6.45, 7) is -0.107. The number of amides is 1. The lowest BCUT2D eigenvalue weighted by molar-refractivity contribution is -0.137. The number of hydrogen-bond donors (Lipinski definition) is 2. The minimum atomic E-state index is -1.01. The predicted octanol–water partition coefficient (Wildman–Crippen LogP) is 1.01. The molecule has 0 saturated carbocycles. The van der Waals surface area contributed by atoms with E-state index < -0.39 is 5.97 Å². The highest BCUT2D eigenvalue weighted by Crippen LogP contribution is 2.21. The van der Waals surface area contributed by atoms with Gasteiger partial charge in [0.05, 0.1) is 17.8 Å². The summed E-state index contributed by atoms with van der Waals surface area (Å²) in [7, 11) is 0. The summed E-state index contributed by atoms with van der Waals surface area (Å²) in [4.78, 5) is 22.6. The third kappa shape index (κ3) is 3.52. The SMILES string of the molecule is O=C(O)Cn1cc(CNC(=O)c2sccc2Cl)nn1. The van der Waals surface area contributed by atoms with Gasteiger partial charge in [0.25, 0.3) is 5.91 Å². The first-order chi connectivity index (χ1) is 9.06. The average molecular weight is 301 g/mol. The van der Waals surface area contributed by atoms with Gasteiger partial charge in [0.1, 0.15) is 17.1 Å². The number of carbonyl (C=O) groups excluding carboxylic acids is 1. The van der Waals surface area contributed by atoms with Gasteiger partial charge < -0.3 is 10.4 Å². The summed E-state index contributed by atoms with van der Waals surface area (Å²) < 4.78 is 1.18.